The molecule has 2 aromatic carbocycles. The zero-order valence-corrected chi connectivity index (χ0v) is 18.0. The molecule has 0 bridgehead atoms. The van der Waals surface area contributed by atoms with E-state index in [9.17, 15) is 14.4 Å². The predicted octanol–water partition coefficient (Wildman–Crippen LogP) is 3.11. The Morgan fingerprint density at radius 1 is 1.23 bits per heavy atom. The van der Waals surface area contributed by atoms with Crippen molar-refractivity contribution in [1.82, 2.24) is 10.2 Å². The second kappa shape index (κ2) is 8.68. The predicted molar refractivity (Wildman–Crippen MR) is 115 cm³/mol. The minimum Gasteiger partial charge on any atom is -0.493 e. The van der Waals surface area contributed by atoms with Crippen LogP contribution in [-0.4, -0.2) is 42.7 Å². The normalized spacial score (nSPS) is 15.9. The molecule has 0 atom stereocenters. The topological polar surface area (TPSA) is 106 Å². The minimum atomic E-state index is -0.680. The molecule has 4 amide bonds. The summed E-state index contributed by atoms with van der Waals surface area (Å²) < 4.78 is 17.2. The molecular weight excluding hydrogens is 470 g/mol. The van der Waals surface area contributed by atoms with Crippen LogP contribution in [0.2, 0.25) is 0 Å². The van der Waals surface area contributed by atoms with Gasteiger partial charge in [0.2, 0.25) is 12.7 Å². The second-order valence-corrected chi connectivity index (χ2v) is 7.53. The summed E-state index contributed by atoms with van der Waals surface area (Å²) in [5, 5.41) is 5.15. The van der Waals surface area contributed by atoms with Gasteiger partial charge in [0.15, 0.2) is 11.5 Å². The van der Waals surface area contributed by atoms with Gasteiger partial charge in [-0.25, -0.2) is 9.69 Å². The van der Waals surface area contributed by atoms with Gasteiger partial charge in [0.25, 0.3) is 5.91 Å². The Morgan fingerprint density at radius 3 is 2.65 bits per heavy atom. The molecule has 0 radical (unpaired) electrons. The molecule has 0 spiro atoms. The van der Waals surface area contributed by atoms with Gasteiger partial charge in [0.1, 0.15) is 18.0 Å². The van der Waals surface area contributed by atoms with Crippen LogP contribution < -0.4 is 24.8 Å². The Morgan fingerprint density at radius 2 is 1.94 bits per heavy atom. The maximum absolute atomic E-state index is 12.7. The van der Waals surface area contributed by atoms with Crippen molar-refractivity contribution in [2.24, 2.45) is 0 Å². The van der Waals surface area contributed by atoms with Crippen LogP contribution in [0, 0.1) is 0 Å². The summed E-state index contributed by atoms with van der Waals surface area (Å²) in [5.74, 6) is 0.422. The van der Waals surface area contributed by atoms with Crippen molar-refractivity contribution < 1.29 is 28.6 Å². The van der Waals surface area contributed by atoms with E-state index in [1.165, 1.54) is 6.08 Å². The number of nitrogens with zero attached hydrogens (tertiary/aromatic N) is 1. The molecule has 2 heterocycles. The lowest BCUT2D eigenvalue weighted by Crippen LogP contribution is -2.38. The highest BCUT2D eigenvalue weighted by atomic mass is 79.9. The highest BCUT2D eigenvalue weighted by Gasteiger charge is 2.35. The van der Waals surface area contributed by atoms with Gasteiger partial charge in [-0.2, -0.15) is 0 Å². The molecule has 1 saturated heterocycles. The van der Waals surface area contributed by atoms with Gasteiger partial charge in [0.05, 0.1) is 6.61 Å². The van der Waals surface area contributed by atoms with Crippen molar-refractivity contribution in [2.75, 3.05) is 25.3 Å². The zero-order valence-electron chi connectivity index (χ0n) is 16.4. The van der Waals surface area contributed by atoms with Crippen molar-refractivity contribution in [3.8, 4) is 17.2 Å². The fourth-order valence-corrected chi connectivity index (χ4v) is 3.34. The number of hydrogen-bond acceptors (Lipinski definition) is 6. The number of amides is 4. The molecule has 0 unspecified atom stereocenters. The number of anilines is 1. The van der Waals surface area contributed by atoms with Crippen molar-refractivity contribution in [1.29, 1.82) is 0 Å². The molecular formula is C21H18BrN3O6. The van der Waals surface area contributed by atoms with Crippen LogP contribution >= 0.6 is 15.9 Å². The van der Waals surface area contributed by atoms with Crippen molar-refractivity contribution in [3.05, 3.63) is 52.1 Å². The molecule has 2 aromatic rings. The first-order chi connectivity index (χ1) is 14.9. The van der Waals surface area contributed by atoms with Gasteiger partial charge < -0.3 is 24.8 Å². The molecule has 1 fully saturated rings. The second-order valence-electron chi connectivity index (χ2n) is 6.61. The summed E-state index contributed by atoms with van der Waals surface area (Å²) in [5.41, 5.74) is 1.12. The number of fused-ring (bicyclic) bond motifs is 1. The van der Waals surface area contributed by atoms with Gasteiger partial charge >= 0.3 is 6.03 Å². The van der Waals surface area contributed by atoms with Gasteiger partial charge in [0, 0.05) is 21.8 Å². The Kier molecular flexibility index (Phi) is 5.81. The van der Waals surface area contributed by atoms with E-state index in [-0.39, 0.29) is 12.5 Å². The van der Waals surface area contributed by atoms with Crippen LogP contribution in [0.3, 0.4) is 0 Å². The molecule has 4 rings (SSSR count). The lowest BCUT2D eigenvalue weighted by Gasteiger charge is -2.12. The number of carbonyl (C=O) groups is 3. The Balaban J connectivity index is 1.51. The average Bonchev–Trinajstić information content (AvgIpc) is 3.29. The number of nitrogens with one attached hydrogen (secondary N) is 2. The van der Waals surface area contributed by atoms with E-state index in [0.717, 1.165) is 9.37 Å². The summed E-state index contributed by atoms with van der Waals surface area (Å²) in [7, 11) is 0. The van der Waals surface area contributed by atoms with E-state index in [1.807, 2.05) is 6.92 Å². The van der Waals surface area contributed by atoms with E-state index in [2.05, 4.69) is 26.6 Å². The van der Waals surface area contributed by atoms with E-state index in [1.54, 1.807) is 36.4 Å². The number of benzene rings is 2. The third-order valence-electron chi connectivity index (χ3n) is 4.50. The highest BCUT2D eigenvalue weighted by molar-refractivity contribution is 9.10. The lowest BCUT2D eigenvalue weighted by atomic mass is 10.1. The molecule has 2 aliphatic rings. The van der Waals surface area contributed by atoms with Crippen LogP contribution in [0.1, 0.15) is 12.5 Å². The Hall–Kier alpha value is -3.53. The van der Waals surface area contributed by atoms with Crippen LogP contribution in [0.25, 0.3) is 6.08 Å². The Bertz CT molecular complexity index is 1080. The summed E-state index contributed by atoms with van der Waals surface area (Å²) >= 11 is 3.31. The van der Waals surface area contributed by atoms with Crippen LogP contribution in [0.15, 0.2) is 46.6 Å². The zero-order chi connectivity index (χ0) is 22.0. The van der Waals surface area contributed by atoms with Crippen LogP contribution in [0.4, 0.5) is 10.5 Å². The average molecular weight is 488 g/mol. The third-order valence-corrected chi connectivity index (χ3v) is 5.03. The molecule has 9 nitrogen and oxygen atoms in total. The van der Waals surface area contributed by atoms with E-state index in [0.29, 0.717) is 35.1 Å². The molecule has 0 saturated carbocycles. The molecule has 10 heteroatoms. The summed E-state index contributed by atoms with van der Waals surface area (Å²) in [4.78, 5) is 38.2. The largest absolute Gasteiger partial charge is 0.493 e. The molecule has 31 heavy (non-hydrogen) atoms. The van der Waals surface area contributed by atoms with Crippen LogP contribution in [0.5, 0.6) is 17.2 Å². The number of rotatable bonds is 6. The fourth-order valence-electron chi connectivity index (χ4n) is 3.08. The minimum absolute atomic E-state index is 0.0289. The molecule has 0 aliphatic carbocycles. The number of urea groups is 1. The van der Waals surface area contributed by atoms with Gasteiger partial charge in [-0.05, 0) is 43.3 Å². The van der Waals surface area contributed by atoms with Crippen molar-refractivity contribution >= 4 is 45.5 Å². The molecule has 2 N–H and O–H groups in total. The third kappa shape index (κ3) is 4.48. The van der Waals surface area contributed by atoms with E-state index < -0.39 is 24.4 Å². The van der Waals surface area contributed by atoms with Gasteiger partial charge in [-0.1, -0.05) is 15.9 Å². The van der Waals surface area contributed by atoms with E-state index >= 15 is 0 Å². The number of halogens is 1. The molecule has 160 valence electrons. The first-order valence-electron chi connectivity index (χ1n) is 9.41. The standard InChI is InChI=1S/C21H18BrN3O6/c1-2-29-16-9-18-17(30-11-31-18)8-12(16)7-15-20(27)25(21(28)24-15)10-19(26)23-14-5-3-13(22)4-6-14/h3-9H,2,10-11H2,1H3,(H,23,26)(H,24,28)/b15-7+. The van der Waals surface area contributed by atoms with Crippen molar-refractivity contribution in [3.63, 3.8) is 0 Å². The number of hydrogen-bond donors (Lipinski definition) is 2. The summed E-state index contributed by atoms with van der Waals surface area (Å²) in [6, 6.07) is 9.60. The fraction of sp³-hybridized carbons (Fsp3) is 0.190. The molecule has 0 aromatic heterocycles. The van der Waals surface area contributed by atoms with Crippen LogP contribution in [-0.2, 0) is 9.59 Å². The number of imide groups is 1. The van der Waals surface area contributed by atoms with Crippen molar-refractivity contribution in [2.45, 2.75) is 6.92 Å². The monoisotopic (exact) mass is 487 g/mol. The maximum atomic E-state index is 12.7. The first-order valence-corrected chi connectivity index (χ1v) is 10.2. The number of ether oxygens (including phenoxy) is 3. The maximum Gasteiger partial charge on any atom is 0.329 e. The summed E-state index contributed by atoms with van der Waals surface area (Å²) in [6.45, 7) is 1.91. The quantitative estimate of drug-likeness (QED) is 0.478. The number of carbonyl (C=O) groups excluding carboxylic acids is 3. The highest BCUT2D eigenvalue weighted by Crippen LogP contribution is 2.39. The Labute approximate surface area is 186 Å². The lowest BCUT2D eigenvalue weighted by molar-refractivity contribution is -0.127. The molecule has 2 aliphatic heterocycles. The smallest absolute Gasteiger partial charge is 0.329 e. The van der Waals surface area contributed by atoms with Gasteiger partial charge in [-0.15, -0.1) is 0 Å². The van der Waals surface area contributed by atoms with E-state index in [4.69, 9.17) is 14.2 Å². The summed E-state index contributed by atoms with van der Waals surface area (Å²) in [6.07, 6.45) is 1.49. The SMILES string of the molecule is CCOc1cc2c(cc1/C=C1/NC(=O)N(CC(=O)Nc3ccc(Br)cc3)C1=O)OCO2. The first kappa shape index (κ1) is 20.7. The van der Waals surface area contributed by atoms with Gasteiger partial charge in [-0.3, -0.25) is 9.59 Å².